The minimum Gasteiger partial charge on any atom is -0.468 e. The fourth-order valence-electron chi connectivity index (χ4n) is 1.82. The number of benzene rings is 2. The maximum atomic E-state index is 5.59. The highest BCUT2D eigenvalue weighted by Gasteiger charge is 2.08. The maximum absolute atomic E-state index is 5.59. The van der Waals surface area contributed by atoms with Crippen LogP contribution in [0.1, 0.15) is 0 Å². The van der Waals surface area contributed by atoms with E-state index in [0.717, 1.165) is 22.6 Å². The lowest BCUT2D eigenvalue weighted by atomic mass is 10.0. The minimum atomic E-state index is 0.206. The second-order valence-corrected chi connectivity index (χ2v) is 4.13. The van der Waals surface area contributed by atoms with Gasteiger partial charge < -0.3 is 18.9 Å². The van der Waals surface area contributed by atoms with Gasteiger partial charge in [0.1, 0.15) is 11.5 Å². The lowest BCUT2D eigenvalue weighted by Gasteiger charge is -2.13. The van der Waals surface area contributed by atoms with E-state index in [4.69, 9.17) is 18.9 Å². The summed E-state index contributed by atoms with van der Waals surface area (Å²) in [6.07, 6.45) is 0. The number of hydrogen-bond donors (Lipinski definition) is 0. The highest BCUT2D eigenvalue weighted by Crippen LogP contribution is 2.33. The fourth-order valence-corrected chi connectivity index (χ4v) is 1.82. The Morgan fingerprint density at radius 3 is 2.20 bits per heavy atom. The summed E-state index contributed by atoms with van der Waals surface area (Å²) in [7, 11) is 3.19. The summed E-state index contributed by atoms with van der Waals surface area (Å²) in [4.78, 5) is 0. The first-order valence-corrected chi connectivity index (χ1v) is 6.28. The molecule has 0 fully saturated rings. The molecule has 2 rings (SSSR count). The smallest absolute Gasteiger partial charge is 0.188 e. The fraction of sp³-hybridized carbons (Fsp3) is 0.250. The monoisotopic (exact) mass is 274 g/mol. The van der Waals surface area contributed by atoms with Gasteiger partial charge in [-0.2, -0.15) is 0 Å². The maximum Gasteiger partial charge on any atom is 0.188 e. The highest BCUT2D eigenvalue weighted by molar-refractivity contribution is 5.71. The van der Waals surface area contributed by atoms with Crippen LogP contribution in [0.25, 0.3) is 11.1 Å². The van der Waals surface area contributed by atoms with Gasteiger partial charge in [0.2, 0.25) is 0 Å². The predicted octanol–water partition coefficient (Wildman–Crippen LogP) is 3.32. The van der Waals surface area contributed by atoms with Crippen molar-refractivity contribution in [2.45, 2.75) is 0 Å². The van der Waals surface area contributed by atoms with E-state index in [1.165, 1.54) is 0 Å². The van der Waals surface area contributed by atoms with Gasteiger partial charge in [-0.15, -0.1) is 0 Å². The van der Waals surface area contributed by atoms with Gasteiger partial charge in [-0.05, 0) is 23.8 Å². The van der Waals surface area contributed by atoms with E-state index in [1.807, 2.05) is 48.5 Å². The summed E-state index contributed by atoms with van der Waals surface area (Å²) >= 11 is 0. The number of rotatable bonds is 7. The average molecular weight is 274 g/mol. The van der Waals surface area contributed by atoms with Crippen LogP contribution in [0.4, 0.5) is 0 Å². The minimum absolute atomic E-state index is 0.206. The molecule has 0 saturated heterocycles. The van der Waals surface area contributed by atoms with Gasteiger partial charge in [0.15, 0.2) is 13.6 Å². The summed E-state index contributed by atoms with van der Waals surface area (Å²) in [5.41, 5.74) is 2.01. The van der Waals surface area contributed by atoms with Crippen molar-refractivity contribution in [2.24, 2.45) is 0 Å². The van der Waals surface area contributed by atoms with Crippen LogP contribution in [0, 0.1) is 0 Å². The van der Waals surface area contributed by atoms with Crippen molar-refractivity contribution in [1.82, 2.24) is 0 Å². The third kappa shape index (κ3) is 3.73. The molecule has 4 heteroatoms. The van der Waals surface area contributed by atoms with E-state index in [2.05, 4.69) is 0 Å². The van der Waals surface area contributed by atoms with E-state index in [0.29, 0.717) is 0 Å². The van der Waals surface area contributed by atoms with Gasteiger partial charge in [-0.3, -0.25) is 0 Å². The molecule has 0 unspecified atom stereocenters. The van der Waals surface area contributed by atoms with Crippen molar-refractivity contribution in [3.05, 3.63) is 48.5 Å². The Hall–Kier alpha value is -2.04. The Bertz CT molecular complexity index is 525. The van der Waals surface area contributed by atoms with Gasteiger partial charge in [-0.25, -0.2) is 0 Å². The first kappa shape index (κ1) is 14.4. The third-order valence-electron chi connectivity index (χ3n) is 2.71. The second-order valence-electron chi connectivity index (χ2n) is 4.13. The van der Waals surface area contributed by atoms with Crippen molar-refractivity contribution < 1.29 is 18.9 Å². The van der Waals surface area contributed by atoms with Gasteiger partial charge in [0.25, 0.3) is 0 Å². The molecule has 106 valence electrons. The van der Waals surface area contributed by atoms with Crippen molar-refractivity contribution in [2.75, 3.05) is 27.8 Å². The molecule has 0 aliphatic heterocycles. The predicted molar refractivity (Wildman–Crippen MR) is 76.9 cm³/mol. The van der Waals surface area contributed by atoms with Gasteiger partial charge >= 0.3 is 0 Å². The molecule has 20 heavy (non-hydrogen) atoms. The molecule has 0 saturated carbocycles. The zero-order valence-corrected chi connectivity index (χ0v) is 11.7. The first-order valence-electron chi connectivity index (χ1n) is 6.28. The van der Waals surface area contributed by atoms with E-state index in [9.17, 15) is 0 Å². The molecule has 0 aliphatic carbocycles. The van der Waals surface area contributed by atoms with E-state index >= 15 is 0 Å². The SMILES string of the molecule is COCOc1ccc(OCOC)c(-c2ccccc2)c1. The van der Waals surface area contributed by atoms with Crippen LogP contribution in [0.3, 0.4) is 0 Å². The Morgan fingerprint density at radius 1 is 0.800 bits per heavy atom. The van der Waals surface area contributed by atoms with Crippen LogP contribution in [0.5, 0.6) is 11.5 Å². The Labute approximate surface area is 118 Å². The third-order valence-corrected chi connectivity index (χ3v) is 2.71. The number of methoxy groups -OCH3 is 2. The molecule has 0 atom stereocenters. The van der Waals surface area contributed by atoms with Crippen LogP contribution >= 0.6 is 0 Å². The standard InChI is InChI=1S/C16H18O4/c1-17-11-19-14-8-9-16(20-12-18-2)15(10-14)13-6-4-3-5-7-13/h3-10H,11-12H2,1-2H3. The summed E-state index contributed by atoms with van der Waals surface area (Å²) in [5, 5.41) is 0. The zero-order chi connectivity index (χ0) is 14.2. The van der Waals surface area contributed by atoms with Crippen LogP contribution in [0.15, 0.2) is 48.5 Å². The molecule has 0 amide bonds. The molecule has 0 N–H and O–H groups in total. The highest BCUT2D eigenvalue weighted by atomic mass is 16.7. The number of ether oxygens (including phenoxy) is 4. The van der Waals surface area contributed by atoms with Gasteiger partial charge in [0, 0.05) is 19.8 Å². The molecule has 4 nitrogen and oxygen atoms in total. The molecule has 0 radical (unpaired) electrons. The van der Waals surface area contributed by atoms with Gasteiger partial charge in [0.05, 0.1) is 0 Å². The van der Waals surface area contributed by atoms with Crippen molar-refractivity contribution in [3.63, 3.8) is 0 Å². The van der Waals surface area contributed by atoms with Crippen molar-refractivity contribution >= 4 is 0 Å². The lowest BCUT2D eigenvalue weighted by molar-refractivity contribution is 0.0487. The summed E-state index contributed by atoms with van der Waals surface area (Å²) in [6.45, 7) is 0.421. The zero-order valence-electron chi connectivity index (χ0n) is 11.7. The Balaban J connectivity index is 2.32. The first-order chi connectivity index (χ1) is 9.85. The topological polar surface area (TPSA) is 36.9 Å². The van der Waals surface area contributed by atoms with Crippen molar-refractivity contribution in [3.8, 4) is 22.6 Å². The summed E-state index contributed by atoms with van der Waals surface area (Å²) < 4.78 is 20.9. The largest absolute Gasteiger partial charge is 0.468 e. The molecular weight excluding hydrogens is 256 g/mol. The quantitative estimate of drug-likeness (QED) is 0.726. The Morgan fingerprint density at radius 2 is 1.50 bits per heavy atom. The van der Waals surface area contributed by atoms with E-state index in [-0.39, 0.29) is 13.6 Å². The molecule has 0 spiro atoms. The van der Waals surface area contributed by atoms with Gasteiger partial charge in [-0.1, -0.05) is 30.3 Å². The summed E-state index contributed by atoms with van der Waals surface area (Å²) in [5.74, 6) is 1.48. The Kier molecular flexibility index (Phi) is 5.41. The second kappa shape index (κ2) is 7.53. The van der Waals surface area contributed by atoms with Crippen LogP contribution in [-0.2, 0) is 9.47 Å². The summed E-state index contributed by atoms with van der Waals surface area (Å²) in [6, 6.07) is 15.6. The molecule has 0 aromatic heterocycles. The normalized spacial score (nSPS) is 10.3. The molecule has 2 aromatic carbocycles. The number of hydrogen-bond acceptors (Lipinski definition) is 4. The molecule has 0 heterocycles. The molecular formula is C16H18O4. The van der Waals surface area contributed by atoms with Crippen molar-refractivity contribution in [1.29, 1.82) is 0 Å². The molecule has 0 bridgehead atoms. The average Bonchev–Trinajstić information content (AvgIpc) is 2.52. The van der Waals surface area contributed by atoms with E-state index < -0.39 is 0 Å². The lowest BCUT2D eigenvalue weighted by Crippen LogP contribution is -2.02. The van der Waals surface area contributed by atoms with E-state index in [1.54, 1.807) is 14.2 Å². The van der Waals surface area contributed by atoms with Crippen LogP contribution < -0.4 is 9.47 Å². The molecule has 0 aliphatic rings. The van der Waals surface area contributed by atoms with Crippen LogP contribution in [0.2, 0.25) is 0 Å². The van der Waals surface area contributed by atoms with Crippen LogP contribution in [-0.4, -0.2) is 27.8 Å². The molecule has 2 aromatic rings.